The lowest BCUT2D eigenvalue weighted by atomic mass is 9.33. The number of fused-ring (bicyclic) bond motifs is 5. The second-order valence-corrected chi connectivity index (χ2v) is 12.8. The fraction of sp³-hybridized carbons (Fsp3) is 0.700. The predicted molar refractivity (Wildman–Crippen MR) is 137 cm³/mol. The minimum atomic E-state index is -1.64. The van der Waals surface area contributed by atoms with Crippen LogP contribution in [0.2, 0.25) is 0 Å². The second-order valence-electron chi connectivity index (χ2n) is 12.8. The van der Waals surface area contributed by atoms with Crippen LogP contribution in [0.4, 0.5) is 0 Å². The van der Waals surface area contributed by atoms with Crippen molar-refractivity contribution in [3.8, 4) is 0 Å². The van der Waals surface area contributed by atoms with Crippen LogP contribution >= 0.6 is 0 Å². The number of carbonyl (C=O) groups excluding carboxylic acids is 5. The molecular formula is C30H40O8. The number of Topliss-reactive ketones (excluding diaryl/α,β-unsaturated/α-hetero) is 1. The Hall–Kier alpha value is -2.77. The first kappa shape index (κ1) is 28.2. The van der Waals surface area contributed by atoms with Gasteiger partial charge in [-0.1, -0.05) is 32.4 Å². The van der Waals surface area contributed by atoms with Crippen LogP contribution in [0.25, 0.3) is 0 Å². The Morgan fingerprint density at radius 2 is 1.63 bits per heavy atom. The van der Waals surface area contributed by atoms with Crippen molar-refractivity contribution in [3.05, 3.63) is 23.0 Å². The number of carbonyl (C=O) groups is 5. The molecule has 4 rings (SSSR count). The van der Waals surface area contributed by atoms with Crippen LogP contribution in [0, 0.1) is 38.9 Å². The van der Waals surface area contributed by atoms with Crippen LogP contribution in [0.5, 0.6) is 0 Å². The van der Waals surface area contributed by atoms with Gasteiger partial charge in [0.1, 0.15) is 23.6 Å². The molecule has 0 heterocycles. The minimum Gasteiger partial charge on any atom is -0.468 e. The number of allylic oxidation sites excluding steroid dienone is 3. The maximum Gasteiger partial charge on any atom is 0.321 e. The molecule has 4 aliphatic carbocycles. The van der Waals surface area contributed by atoms with E-state index in [9.17, 15) is 24.0 Å². The summed E-state index contributed by atoms with van der Waals surface area (Å²) in [7, 11) is 1.28. The van der Waals surface area contributed by atoms with E-state index in [1.807, 2.05) is 33.8 Å². The van der Waals surface area contributed by atoms with Crippen LogP contribution in [0.1, 0.15) is 81.1 Å². The average Bonchev–Trinajstić information content (AvgIpc) is 3.01. The van der Waals surface area contributed by atoms with Gasteiger partial charge in [0.2, 0.25) is 0 Å². The van der Waals surface area contributed by atoms with Gasteiger partial charge in [-0.2, -0.15) is 0 Å². The van der Waals surface area contributed by atoms with E-state index in [1.54, 1.807) is 13.8 Å². The van der Waals surface area contributed by atoms with Crippen molar-refractivity contribution in [2.75, 3.05) is 7.11 Å². The van der Waals surface area contributed by atoms with E-state index in [0.29, 0.717) is 31.3 Å². The molecule has 0 aromatic heterocycles. The van der Waals surface area contributed by atoms with Gasteiger partial charge < -0.3 is 19.0 Å². The van der Waals surface area contributed by atoms with Crippen molar-refractivity contribution in [2.24, 2.45) is 38.9 Å². The predicted octanol–water partition coefficient (Wildman–Crippen LogP) is 4.50. The highest BCUT2D eigenvalue weighted by molar-refractivity contribution is 6.11. The zero-order valence-electron chi connectivity index (χ0n) is 24.0. The van der Waals surface area contributed by atoms with E-state index in [0.717, 1.165) is 6.29 Å². The first-order chi connectivity index (χ1) is 17.5. The van der Waals surface area contributed by atoms with Crippen molar-refractivity contribution in [1.29, 1.82) is 0 Å². The monoisotopic (exact) mass is 528 g/mol. The Labute approximate surface area is 224 Å². The quantitative estimate of drug-likeness (QED) is 0.227. The Balaban J connectivity index is 2.03. The maximum absolute atomic E-state index is 14.1. The molecular weight excluding hydrogens is 488 g/mol. The third kappa shape index (κ3) is 3.06. The molecule has 0 saturated heterocycles. The Morgan fingerprint density at radius 1 is 1.00 bits per heavy atom. The van der Waals surface area contributed by atoms with Crippen molar-refractivity contribution in [3.63, 3.8) is 0 Å². The summed E-state index contributed by atoms with van der Waals surface area (Å²) < 4.78 is 16.9. The highest BCUT2D eigenvalue weighted by Crippen LogP contribution is 2.77. The fourth-order valence-electron chi connectivity index (χ4n) is 9.29. The van der Waals surface area contributed by atoms with Crippen LogP contribution < -0.4 is 0 Å². The molecule has 4 aliphatic rings. The molecule has 0 N–H and O–H groups in total. The van der Waals surface area contributed by atoms with Gasteiger partial charge in [0.25, 0.3) is 0 Å². The third-order valence-corrected chi connectivity index (χ3v) is 11.0. The highest BCUT2D eigenvalue weighted by Gasteiger charge is 2.81. The van der Waals surface area contributed by atoms with Crippen LogP contribution in [0.3, 0.4) is 0 Å². The number of ketones is 1. The molecule has 0 spiro atoms. The maximum atomic E-state index is 14.1. The zero-order valence-corrected chi connectivity index (χ0v) is 24.0. The van der Waals surface area contributed by atoms with Gasteiger partial charge in [-0.15, -0.1) is 0 Å². The molecule has 0 amide bonds. The molecule has 0 aliphatic heterocycles. The highest BCUT2D eigenvalue weighted by atomic mass is 16.6. The van der Waals surface area contributed by atoms with Crippen LogP contribution in [0.15, 0.2) is 23.0 Å². The Kier molecular flexibility index (Phi) is 6.40. The van der Waals surface area contributed by atoms with Crippen LogP contribution in [-0.2, 0) is 38.2 Å². The lowest BCUT2D eigenvalue weighted by molar-refractivity contribution is -0.218. The summed E-state index contributed by atoms with van der Waals surface area (Å²) in [5.74, 6) is -2.48. The van der Waals surface area contributed by atoms with Gasteiger partial charge >= 0.3 is 17.9 Å². The summed E-state index contributed by atoms with van der Waals surface area (Å²) in [6, 6.07) is 0. The number of esters is 3. The number of rotatable bonds is 4. The van der Waals surface area contributed by atoms with E-state index < -0.39 is 44.9 Å². The lowest BCUT2D eigenvalue weighted by Crippen LogP contribution is -2.70. The number of hydrogen-bond donors (Lipinski definition) is 0. The first-order valence-corrected chi connectivity index (χ1v) is 13.4. The van der Waals surface area contributed by atoms with Gasteiger partial charge in [-0.25, -0.2) is 0 Å². The number of hydrogen-bond acceptors (Lipinski definition) is 8. The summed E-state index contributed by atoms with van der Waals surface area (Å²) in [5.41, 5.74) is -4.50. The molecule has 0 aromatic rings. The topological polar surface area (TPSA) is 113 Å². The molecule has 0 radical (unpaired) electrons. The summed E-state index contributed by atoms with van der Waals surface area (Å²) in [5, 5.41) is 0. The normalized spacial score (nSPS) is 41.2. The molecule has 2 fully saturated rings. The summed E-state index contributed by atoms with van der Waals surface area (Å²) >= 11 is 0. The lowest BCUT2D eigenvalue weighted by Gasteiger charge is -2.68. The van der Waals surface area contributed by atoms with Gasteiger partial charge in [0.05, 0.1) is 12.5 Å². The molecule has 208 valence electrons. The molecule has 0 bridgehead atoms. The molecule has 7 atom stereocenters. The van der Waals surface area contributed by atoms with E-state index in [-0.39, 0.29) is 35.1 Å². The second kappa shape index (κ2) is 8.62. The number of aldehydes is 1. The van der Waals surface area contributed by atoms with E-state index in [4.69, 9.17) is 14.2 Å². The van der Waals surface area contributed by atoms with Crippen molar-refractivity contribution >= 4 is 30.0 Å². The first-order valence-electron chi connectivity index (χ1n) is 13.4. The molecule has 38 heavy (non-hydrogen) atoms. The van der Waals surface area contributed by atoms with Gasteiger partial charge in [0.15, 0.2) is 5.78 Å². The molecule has 2 saturated carbocycles. The summed E-state index contributed by atoms with van der Waals surface area (Å²) in [6.07, 6.45) is 4.68. The van der Waals surface area contributed by atoms with Gasteiger partial charge in [-0.3, -0.25) is 19.2 Å². The van der Waals surface area contributed by atoms with Gasteiger partial charge in [-0.05, 0) is 63.7 Å². The summed E-state index contributed by atoms with van der Waals surface area (Å²) in [6.45, 7) is 13.8. The zero-order chi connectivity index (χ0) is 28.6. The Bertz CT molecular complexity index is 1190. The van der Waals surface area contributed by atoms with Crippen molar-refractivity contribution in [2.45, 2.75) is 87.2 Å². The van der Waals surface area contributed by atoms with E-state index in [1.165, 1.54) is 21.0 Å². The third-order valence-electron chi connectivity index (χ3n) is 11.0. The largest absolute Gasteiger partial charge is 0.468 e. The smallest absolute Gasteiger partial charge is 0.321 e. The SMILES string of the molecule is COC(=O)[C@@]12C(OC(C)=O)=C(C)C(=O)[C@]1(C)C(C)=C[C@@H]1[C@]3(C=O)CC[C@H](OC(C)=O)C(C)(C)[C@H]3CC[C@@]12C. The van der Waals surface area contributed by atoms with Crippen molar-refractivity contribution < 1.29 is 38.2 Å². The minimum absolute atomic E-state index is 0.0386. The molecule has 0 unspecified atom stereocenters. The summed E-state index contributed by atoms with van der Waals surface area (Å²) in [4.78, 5) is 65.7. The van der Waals surface area contributed by atoms with Crippen molar-refractivity contribution in [1.82, 2.24) is 0 Å². The fourth-order valence-corrected chi connectivity index (χ4v) is 9.29. The average molecular weight is 529 g/mol. The van der Waals surface area contributed by atoms with E-state index >= 15 is 0 Å². The Morgan fingerprint density at radius 3 is 2.16 bits per heavy atom. The van der Waals surface area contributed by atoms with Gasteiger partial charge in [0, 0.05) is 30.3 Å². The molecule has 8 heteroatoms. The molecule has 8 nitrogen and oxygen atoms in total. The standard InChI is InChI=1S/C30H40O8/c1-16-14-21-27(7,12-10-20-26(5,6)22(37-18(3)32)11-13-29(20,21)15-31)30(25(35)36-9)24(38-19(4)33)17(2)23(34)28(16,30)8/h14-15,20-22H,10-13H2,1-9H3/t20-,21+,22+,27+,28+,29+,30-/m1/s1. The number of ether oxygens (including phenoxy) is 3. The number of methoxy groups -OCH3 is 1. The molecule has 0 aromatic carbocycles. The van der Waals surface area contributed by atoms with E-state index in [2.05, 4.69) is 0 Å². The van der Waals surface area contributed by atoms with Crippen LogP contribution in [-0.4, -0.2) is 43.2 Å².